The van der Waals surface area contributed by atoms with E-state index in [1.54, 1.807) is 11.3 Å². The van der Waals surface area contributed by atoms with Gasteiger partial charge in [0, 0.05) is 41.9 Å². The van der Waals surface area contributed by atoms with Crippen LogP contribution in [-0.4, -0.2) is 39.2 Å². The minimum absolute atomic E-state index is 0.612. The molecular weight excluding hydrogens is 430 g/mol. The molecule has 0 amide bonds. The average Bonchev–Trinajstić information content (AvgIpc) is 3.38. The Balaban J connectivity index is 1.21. The summed E-state index contributed by atoms with van der Waals surface area (Å²) < 4.78 is 1.97. The van der Waals surface area contributed by atoms with Crippen LogP contribution >= 0.6 is 11.3 Å². The number of nitrogens with one attached hydrogen (secondary N) is 3. The molecule has 4 aromatic rings. The van der Waals surface area contributed by atoms with Crippen LogP contribution in [0.3, 0.4) is 0 Å². The Morgan fingerprint density at radius 3 is 2.67 bits per heavy atom. The number of anilines is 2. The van der Waals surface area contributed by atoms with Crippen molar-refractivity contribution >= 4 is 28.6 Å². The first-order valence-electron chi connectivity index (χ1n) is 11.9. The van der Waals surface area contributed by atoms with Crippen LogP contribution in [0.5, 0.6) is 0 Å². The van der Waals surface area contributed by atoms with Crippen LogP contribution in [0.4, 0.5) is 11.6 Å². The SMILES string of the molecule is c1csc(-c2ccc(CNc3cc(NCC4CCNCC4)nc4c(C5CC5)cnn34)cc2)n1. The zero-order chi connectivity index (χ0) is 22.0. The molecule has 6 rings (SSSR count). The largest absolute Gasteiger partial charge is 0.370 e. The monoisotopic (exact) mass is 459 g/mol. The van der Waals surface area contributed by atoms with E-state index in [-0.39, 0.29) is 0 Å². The lowest BCUT2D eigenvalue weighted by atomic mass is 9.98. The second-order valence-electron chi connectivity index (χ2n) is 9.10. The van der Waals surface area contributed by atoms with Crippen LogP contribution in [0.15, 0.2) is 48.1 Å². The highest BCUT2D eigenvalue weighted by Crippen LogP contribution is 2.42. The summed E-state index contributed by atoms with van der Waals surface area (Å²) in [7, 11) is 0. The maximum atomic E-state index is 4.96. The Morgan fingerprint density at radius 1 is 1.06 bits per heavy atom. The van der Waals surface area contributed by atoms with Gasteiger partial charge in [-0.05, 0) is 56.2 Å². The molecule has 3 N–H and O–H groups in total. The number of thiazole rings is 1. The molecule has 1 aliphatic heterocycles. The van der Waals surface area contributed by atoms with Gasteiger partial charge < -0.3 is 16.0 Å². The molecule has 0 unspecified atom stereocenters. The van der Waals surface area contributed by atoms with Crippen molar-refractivity contribution in [1.29, 1.82) is 0 Å². The quantitative estimate of drug-likeness (QED) is 0.353. The fourth-order valence-corrected chi connectivity index (χ4v) is 5.18. The Kier molecular flexibility index (Phi) is 5.69. The van der Waals surface area contributed by atoms with Gasteiger partial charge in [0.1, 0.15) is 16.6 Å². The van der Waals surface area contributed by atoms with Crippen molar-refractivity contribution < 1.29 is 0 Å². The Labute approximate surface area is 197 Å². The summed E-state index contributed by atoms with van der Waals surface area (Å²) in [5.41, 5.74) is 4.63. The number of nitrogens with zero attached hydrogens (tertiary/aromatic N) is 4. The Morgan fingerprint density at radius 2 is 1.91 bits per heavy atom. The van der Waals surface area contributed by atoms with E-state index in [1.165, 1.54) is 36.8 Å². The number of hydrogen-bond donors (Lipinski definition) is 3. The number of hydrogen-bond acceptors (Lipinski definition) is 7. The molecule has 0 bridgehead atoms. The molecule has 3 aromatic heterocycles. The molecule has 0 atom stereocenters. The van der Waals surface area contributed by atoms with Crippen molar-refractivity contribution in [1.82, 2.24) is 24.9 Å². The lowest BCUT2D eigenvalue weighted by Gasteiger charge is -2.23. The van der Waals surface area contributed by atoms with Crippen molar-refractivity contribution in [3.63, 3.8) is 0 Å². The molecule has 0 radical (unpaired) electrons. The third kappa shape index (κ3) is 4.58. The zero-order valence-corrected chi connectivity index (χ0v) is 19.4. The van der Waals surface area contributed by atoms with Gasteiger partial charge in [-0.25, -0.2) is 9.97 Å². The van der Waals surface area contributed by atoms with Gasteiger partial charge >= 0.3 is 0 Å². The van der Waals surface area contributed by atoms with Crippen molar-refractivity contribution in [3.8, 4) is 10.6 Å². The molecule has 0 spiro atoms. The zero-order valence-electron chi connectivity index (χ0n) is 18.6. The second kappa shape index (κ2) is 9.11. The van der Waals surface area contributed by atoms with E-state index in [0.717, 1.165) is 54.0 Å². The fourth-order valence-electron chi connectivity index (χ4n) is 4.54. The van der Waals surface area contributed by atoms with Gasteiger partial charge in [0.25, 0.3) is 0 Å². The van der Waals surface area contributed by atoms with Gasteiger partial charge in [-0.1, -0.05) is 24.3 Å². The van der Waals surface area contributed by atoms with Gasteiger partial charge in [0.15, 0.2) is 5.65 Å². The first-order valence-corrected chi connectivity index (χ1v) is 12.8. The van der Waals surface area contributed by atoms with Crippen molar-refractivity contribution in [2.24, 2.45) is 5.92 Å². The number of rotatable bonds is 8. The molecule has 1 aliphatic carbocycles. The van der Waals surface area contributed by atoms with E-state index in [9.17, 15) is 0 Å². The summed E-state index contributed by atoms with van der Waals surface area (Å²) in [6.07, 6.45) is 8.77. The molecule has 1 aromatic carbocycles. The highest BCUT2D eigenvalue weighted by atomic mass is 32.1. The lowest BCUT2D eigenvalue weighted by molar-refractivity contribution is 0.389. The predicted molar refractivity (Wildman–Crippen MR) is 134 cm³/mol. The second-order valence-corrected chi connectivity index (χ2v) is 9.99. The number of benzene rings is 1. The van der Waals surface area contributed by atoms with E-state index in [2.05, 4.69) is 56.4 Å². The minimum Gasteiger partial charge on any atom is -0.370 e. The topological polar surface area (TPSA) is 79.2 Å². The third-order valence-corrected chi connectivity index (χ3v) is 7.48. The van der Waals surface area contributed by atoms with E-state index >= 15 is 0 Å². The third-order valence-electron chi connectivity index (χ3n) is 6.65. The lowest BCUT2D eigenvalue weighted by Crippen LogP contribution is -2.31. The minimum atomic E-state index is 0.612. The van der Waals surface area contributed by atoms with Crippen LogP contribution in [0.2, 0.25) is 0 Å². The molecule has 2 fully saturated rings. The van der Waals surface area contributed by atoms with Crippen LogP contribution in [0, 0.1) is 5.92 Å². The van der Waals surface area contributed by atoms with Crippen molar-refractivity contribution in [2.45, 2.75) is 38.1 Å². The number of aromatic nitrogens is 4. The highest BCUT2D eigenvalue weighted by molar-refractivity contribution is 7.13. The van der Waals surface area contributed by atoms with Gasteiger partial charge in [-0.2, -0.15) is 9.61 Å². The summed E-state index contributed by atoms with van der Waals surface area (Å²) in [6.45, 7) is 3.92. The summed E-state index contributed by atoms with van der Waals surface area (Å²) in [4.78, 5) is 9.36. The normalized spacial score (nSPS) is 16.8. The average molecular weight is 460 g/mol. The molecule has 1 saturated heterocycles. The van der Waals surface area contributed by atoms with Crippen LogP contribution in [0.1, 0.15) is 42.7 Å². The maximum absolute atomic E-state index is 4.96. The maximum Gasteiger partial charge on any atom is 0.163 e. The molecule has 170 valence electrons. The van der Waals surface area contributed by atoms with E-state index < -0.39 is 0 Å². The van der Waals surface area contributed by atoms with E-state index in [1.807, 2.05) is 22.3 Å². The van der Waals surface area contributed by atoms with Gasteiger partial charge in [0.2, 0.25) is 0 Å². The van der Waals surface area contributed by atoms with Crippen molar-refractivity contribution in [3.05, 3.63) is 59.2 Å². The summed E-state index contributed by atoms with van der Waals surface area (Å²) in [6, 6.07) is 10.7. The molecule has 7 nitrogen and oxygen atoms in total. The smallest absolute Gasteiger partial charge is 0.163 e. The van der Waals surface area contributed by atoms with Crippen LogP contribution in [0.25, 0.3) is 16.2 Å². The van der Waals surface area contributed by atoms with Gasteiger partial charge in [-0.15, -0.1) is 11.3 Å². The van der Waals surface area contributed by atoms with Gasteiger partial charge in [-0.3, -0.25) is 0 Å². The molecular formula is C25H29N7S. The summed E-state index contributed by atoms with van der Waals surface area (Å²) >= 11 is 1.66. The van der Waals surface area contributed by atoms with E-state index in [0.29, 0.717) is 11.8 Å². The Bertz CT molecular complexity index is 1210. The number of piperidine rings is 1. The molecule has 4 heterocycles. The Hall–Kier alpha value is -2.97. The van der Waals surface area contributed by atoms with Crippen molar-refractivity contribution in [2.75, 3.05) is 30.3 Å². The standard InChI is InChI=1S/C25H29N7S/c1-3-20(25-27-11-12-33-25)4-2-17(1)15-29-23-13-22(28-14-18-7-9-26-10-8-18)31-24-21(19-5-6-19)16-30-32(23)24/h1-4,11-13,16,18-19,26,29H,5-10,14-15H2,(H,28,31). The van der Waals surface area contributed by atoms with E-state index in [4.69, 9.17) is 4.98 Å². The molecule has 2 aliphatic rings. The predicted octanol–water partition coefficient (Wildman–Crippen LogP) is 4.75. The van der Waals surface area contributed by atoms with Crippen LogP contribution in [-0.2, 0) is 6.54 Å². The van der Waals surface area contributed by atoms with Crippen LogP contribution < -0.4 is 16.0 Å². The fraction of sp³-hybridized carbons (Fsp3) is 0.400. The van der Waals surface area contributed by atoms with Gasteiger partial charge in [0.05, 0.1) is 6.20 Å². The molecule has 1 saturated carbocycles. The molecule has 8 heteroatoms. The highest BCUT2D eigenvalue weighted by Gasteiger charge is 2.28. The summed E-state index contributed by atoms with van der Waals surface area (Å²) in [5.74, 6) is 3.22. The first-order chi connectivity index (χ1) is 16.3. The summed E-state index contributed by atoms with van der Waals surface area (Å²) in [5, 5.41) is 18.4. The number of fused-ring (bicyclic) bond motifs is 1. The molecule has 33 heavy (non-hydrogen) atoms. The first kappa shape index (κ1) is 20.6.